The Bertz CT molecular complexity index is 181. The van der Waals surface area contributed by atoms with Gasteiger partial charge in [0, 0.05) is 32.2 Å². The molecule has 1 heterocycles. The fraction of sp³-hybridized carbons (Fsp3) is 1.00. The average Bonchev–Trinajstić information content (AvgIpc) is 2.26. The van der Waals surface area contributed by atoms with Crippen LogP contribution in [0.2, 0.25) is 0 Å². The number of hydrogen-bond donors (Lipinski definition) is 1. The molecule has 1 fully saturated rings. The summed E-state index contributed by atoms with van der Waals surface area (Å²) in [7, 11) is 4.26. The molecule has 1 rings (SSSR count). The second-order valence-corrected chi connectivity index (χ2v) is 4.90. The molecule has 0 aromatic rings. The maximum absolute atomic E-state index is 5.75. The zero-order valence-corrected chi connectivity index (χ0v) is 11.2. The normalized spacial score (nSPS) is 24.0. The van der Waals surface area contributed by atoms with Crippen LogP contribution in [0.15, 0.2) is 0 Å². The smallest absolute Gasteiger partial charge is 0.0826 e. The van der Waals surface area contributed by atoms with E-state index in [1.54, 1.807) is 0 Å². The van der Waals surface area contributed by atoms with E-state index in [1.165, 1.54) is 0 Å². The summed E-state index contributed by atoms with van der Waals surface area (Å²) in [5.74, 6) is 0. The lowest BCUT2D eigenvalue weighted by molar-refractivity contribution is -0.00251. The van der Waals surface area contributed by atoms with Crippen LogP contribution in [0.5, 0.6) is 0 Å². The highest BCUT2D eigenvalue weighted by Gasteiger charge is 2.20. The number of rotatable bonds is 6. The minimum atomic E-state index is 0.360. The molecule has 4 heteroatoms. The van der Waals surface area contributed by atoms with Crippen molar-refractivity contribution in [2.24, 2.45) is 0 Å². The van der Waals surface area contributed by atoms with Crippen LogP contribution in [0.1, 0.15) is 13.8 Å². The Morgan fingerprint density at radius 1 is 1.44 bits per heavy atom. The number of hydrogen-bond acceptors (Lipinski definition) is 4. The lowest BCUT2D eigenvalue weighted by Gasteiger charge is -2.34. The van der Waals surface area contributed by atoms with Gasteiger partial charge in [0.1, 0.15) is 0 Å². The summed E-state index contributed by atoms with van der Waals surface area (Å²) < 4.78 is 5.75. The maximum Gasteiger partial charge on any atom is 0.0826 e. The van der Waals surface area contributed by atoms with E-state index >= 15 is 0 Å². The number of nitrogens with one attached hydrogen (secondary N) is 1. The van der Waals surface area contributed by atoms with Gasteiger partial charge in [-0.3, -0.25) is 4.90 Å². The molecule has 0 amide bonds. The van der Waals surface area contributed by atoms with Gasteiger partial charge in [-0.05, 0) is 27.6 Å². The predicted molar refractivity (Wildman–Crippen MR) is 67.9 cm³/mol. The SMILES string of the molecule is CCN(CC1CNCCO1)C(C)CN(C)C. The van der Waals surface area contributed by atoms with E-state index in [1.807, 2.05) is 0 Å². The van der Waals surface area contributed by atoms with Crippen LogP contribution >= 0.6 is 0 Å². The number of likely N-dealkylation sites (N-methyl/N-ethyl adjacent to an activating group) is 2. The van der Waals surface area contributed by atoms with Crippen LogP contribution in [0.3, 0.4) is 0 Å². The molecule has 0 radical (unpaired) electrons. The van der Waals surface area contributed by atoms with Crippen molar-refractivity contribution in [3.63, 3.8) is 0 Å². The molecule has 0 bridgehead atoms. The molecule has 2 unspecified atom stereocenters. The monoisotopic (exact) mass is 229 g/mol. The van der Waals surface area contributed by atoms with E-state index < -0.39 is 0 Å². The van der Waals surface area contributed by atoms with Gasteiger partial charge in [0.25, 0.3) is 0 Å². The van der Waals surface area contributed by atoms with Crippen LogP contribution in [0, 0.1) is 0 Å². The lowest BCUT2D eigenvalue weighted by Crippen LogP contribution is -2.49. The van der Waals surface area contributed by atoms with Crippen molar-refractivity contribution < 1.29 is 4.74 Å². The molecule has 0 aromatic heterocycles. The van der Waals surface area contributed by atoms with E-state index in [4.69, 9.17) is 4.74 Å². The van der Waals surface area contributed by atoms with E-state index in [0.29, 0.717) is 12.1 Å². The largest absolute Gasteiger partial charge is 0.374 e. The summed E-state index contributed by atoms with van der Waals surface area (Å²) >= 11 is 0. The molecule has 16 heavy (non-hydrogen) atoms. The Morgan fingerprint density at radius 3 is 2.69 bits per heavy atom. The van der Waals surface area contributed by atoms with Gasteiger partial charge in [0.2, 0.25) is 0 Å². The molecule has 1 N–H and O–H groups in total. The van der Waals surface area contributed by atoms with E-state index in [-0.39, 0.29) is 0 Å². The van der Waals surface area contributed by atoms with Crippen molar-refractivity contribution in [1.29, 1.82) is 0 Å². The third kappa shape index (κ3) is 4.78. The van der Waals surface area contributed by atoms with E-state index in [2.05, 4.69) is 43.1 Å². The quantitative estimate of drug-likeness (QED) is 0.706. The Hall–Kier alpha value is -0.160. The van der Waals surface area contributed by atoms with Gasteiger partial charge in [-0.1, -0.05) is 6.92 Å². The Kier molecular flexibility index (Phi) is 6.28. The maximum atomic E-state index is 5.75. The van der Waals surface area contributed by atoms with E-state index in [0.717, 1.165) is 39.3 Å². The number of morpholine rings is 1. The molecule has 1 saturated heterocycles. The molecule has 96 valence electrons. The molecule has 0 spiro atoms. The third-order valence-electron chi connectivity index (χ3n) is 3.10. The standard InChI is InChI=1S/C12H27N3O/c1-5-15(11(2)9-14(3)4)10-12-8-13-6-7-16-12/h11-13H,5-10H2,1-4H3. The zero-order valence-electron chi connectivity index (χ0n) is 11.2. The van der Waals surface area contributed by atoms with Crippen molar-refractivity contribution in [1.82, 2.24) is 15.1 Å². The van der Waals surface area contributed by atoms with Crippen molar-refractivity contribution in [2.75, 3.05) is 53.4 Å². The molecular weight excluding hydrogens is 202 g/mol. The molecule has 4 nitrogen and oxygen atoms in total. The number of ether oxygens (including phenoxy) is 1. The molecule has 0 aliphatic carbocycles. The molecule has 1 aliphatic heterocycles. The fourth-order valence-corrected chi connectivity index (χ4v) is 2.26. The summed E-state index contributed by atoms with van der Waals surface area (Å²) in [5, 5.41) is 3.38. The van der Waals surface area contributed by atoms with Crippen LogP contribution in [-0.2, 0) is 4.74 Å². The van der Waals surface area contributed by atoms with Gasteiger partial charge < -0.3 is 15.0 Å². The molecule has 0 aromatic carbocycles. The molecular formula is C12H27N3O. The van der Waals surface area contributed by atoms with Gasteiger partial charge in [0.05, 0.1) is 12.7 Å². The predicted octanol–water partition coefficient (Wildman–Crippen LogP) is 0.247. The average molecular weight is 229 g/mol. The lowest BCUT2D eigenvalue weighted by atomic mass is 10.2. The molecule has 2 atom stereocenters. The van der Waals surface area contributed by atoms with Gasteiger partial charge in [-0.2, -0.15) is 0 Å². The van der Waals surface area contributed by atoms with Gasteiger partial charge >= 0.3 is 0 Å². The van der Waals surface area contributed by atoms with E-state index in [9.17, 15) is 0 Å². The summed E-state index contributed by atoms with van der Waals surface area (Å²) in [6.45, 7) is 10.6. The summed E-state index contributed by atoms with van der Waals surface area (Å²) in [4.78, 5) is 4.74. The minimum absolute atomic E-state index is 0.360. The Morgan fingerprint density at radius 2 is 2.19 bits per heavy atom. The highest BCUT2D eigenvalue weighted by atomic mass is 16.5. The first-order valence-electron chi connectivity index (χ1n) is 6.34. The van der Waals surface area contributed by atoms with Crippen molar-refractivity contribution in [3.05, 3.63) is 0 Å². The second-order valence-electron chi connectivity index (χ2n) is 4.90. The van der Waals surface area contributed by atoms with Gasteiger partial charge in [0.15, 0.2) is 0 Å². The topological polar surface area (TPSA) is 27.7 Å². The van der Waals surface area contributed by atoms with Gasteiger partial charge in [-0.15, -0.1) is 0 Å². The fourth-order valence-electron chi connectivity index (χ4n) is 2.26. The van der Waals surface area contributed by atoms with Crippen molar-refractivity contribution >= 4 is 0 Å². The van der Waals surface area contributed by atoms with Gasteiger partial charge in [-0.25, -0.2) is 0 Å². The Labute approximate surface area is 99.9 Å². The first kappa shape index (κ1) is 13.9. The van der Waals surface area contributed by atoms with Crippen LogP contribution in [0.25, 0.3) is 0 Å². The Balaban J connectivity index is 2.34. The zero-order chi connectivity index (χ0) is 12.0. The molecule has 0 saturated carbocycles. The molecule has 1 aliphatic rings. The minimum Gasteiger partial charge on any atom is -0.374 e. The second kappa shape index (κ2) is 7.22. The van der Waals surface area contributed by atoms with Crippen molar-refractivity contribution in [2.45, 2.75) is 26.0 Å². The van der Waals surface area contributed by atoms with Crippen LogP contribution < -0.4 is 5.32 Å². The highest BCUT2D eigenvalue weighted by molar-refractivity contribution is 4.76. The van der Waals surface area contributed by atoms with Crippen LogP contribution in [0.4, 0.5) is 0 Å². The first-order chi connectivity index (χ1) is 7.63. The van der Waals surface area contributed by atoms with Crippen LogP contribution in [-0.4, -0.2) is 75.4 Å². The number of nitrogens with zero attached hydrogens (tertiary/aromatic N) is 2. The first-order valence-corrected chi connectivity index (χ1v) is 6.34. The summed E-state index contributed by atoms with van der Waals surface area (Å²) in [5.41, 5.74) is 0. The highest BCUT2D eigenvalue weighted by Crippen LogP contribution is 2.05. The third-order valence-corrected chi connectivity index (χ3v) is 3.10. The summed E-state index contributed by atoms with van der Waals surface area (Å²) in [6.07, 6.45) is 0.360. The van der Waals surface area contributed by atoms with Crippen molar-refractivity contribution in [3.8, 4) is 0 Å². The summed E-state index contributed by atoms with van der Waals surface area (Å²) in [6, 6.07) is 0.588.